The number of fused-ring (bicyclic) bond motifs is 5. The fourth-order valence-electron chi connectivity index (χ4n) is 12.5. The first kappa shape index (κ1) is 80.2. The van der Waals surface area contributed by atoms with Crippen LogP contribution >= 0.6 is 0 Å². The number of ether oxygens (including phenoxy) is 11. The van der Waals surface area contributed by atoms with Crippen LogP contribution in [0.2, 0.25) is 0 Å². The van der Waals surface area contributed by atoms with Crippen LogP contribution in [0.1, 0.15) is 124 Å². The minimum absolute atomic E-state index is 0.0155. The van der Waals surface area contributed by atoms with Crippen molar-refractivity contribution in [3.63, 3.8) is 0 Å². The Morgan fingerprint density at radius 1 is 0.649 bits per heavy atom. The minimum atomic E-state index is -0.486. The van der Waals surface area contributed by atoms with Gasteiger partial charge in [0.05, 0.1) is 79.9 Å². The molecule has 0 bridgehead atoms. The smallest absolute Gasteiger partial charge is 0.287 e. The number of pyridine rings is 1. The Balaban J connectivity index is 0.000000201. The lowest BCUT2D eigenvalue weighted by Gasteiger charge is -2.48. The van der Waals surface area contributed by atoms with Gasteiger partial charge in [-0.2, -0.15) is 0 Å². The molecule has 1 unspecified atom stereocenters. The van der Waals surface area contributed by atoms with Gasteiger partial charge in [0.1, 0.15) is 12.0 Å². The fourth-order valence-corrected chi connectivity index (χ4v) is 12.5. The Labute approximate surface area is 578 Å². The molecule has 0 radical (unpaired) electrons. The van der Waals surface area contributed by atoms with Gasteiger partial charge in [-0.15, -0.1) is 0 Å². The van der Waals surface area contributed by atoms with Gasteiger partial charge in [-0.05, 0) is 178 Å². The average Bonchev–Trinajstić information content (AvgIpc) is 1.16. The van der Waals surface area contributed by atoms with Crippen molar-refractivity contribution in [2.45, 2.75) is 115 Å². The molecule has 25 heteroatoms. The Morgan fingerprint density at radius 2 is 1.27 bits per heavy atom. The zero-order valence-electron chi connectivity index (χ0n) is 59.4. The van der Waals surface area contributed by atoms with E-state index in [1.807, 2.05) is 6.07 Å². The van der Waals surface area contributed by atoms with Crippen LogP contribution in [0.3, 0.4) is 0 Å². The van der Waals surface area contributed by atoms with Gasteiger partial charge in [0, 0.05) is 104 Å². The van der Waals surface area contributed by atoms with Crippen molar-refractivity contribution < 1.29 is 57.0 Å². The quantitative estimate of drug-likeness (QED) is 0.0390. The van der Waals surface area contributed by atoms with E-state index in [4.69, 9.17) is 64.6 Å². The lowest BCUT2D eigenvalue weighted by molar-refractivity contribution is -0.385. The van der Waals surface area contributed by atoms with Crippen molar-refractivity contribution in [2.24, 2.45) is 35.0 Å². The third kappa shape index (κ3) is 29.5. The van der Waals surface area contributed by atoms with E-state index < -0.39 is 4.92 Å². The standard InChI is InChI=1S/C29H40N2O4.C12H16N2O2.C10H21NO4.C7H10N4O2.C7H15N.C4H9N.C3H9NO/c1-6-18-17-31-10-8-20-14-27(33-3)29(35-5)16-23(20)25(31)12-21(18)11-24-22-15-28(34-4)26(32-2)13-19(22)7-9-30-24;1-2-11-12(16-9-15-11)7-10(1)8-14-5-3-13-4-6-14;1-3-12-7-8-13-4-2-6-15-10-11-9-14-5-1;8-3-4-9-7-2-1-6(5-10-7)11(12)13;1-2-4-6-8-7-5-3-1;5-3-4-1-2-4;1-5-3-2-4/h13-16,18,21,24-25,30H,6-12,17H2,1-5H3;1-2,7,13H,3-6,8-9H2;11H,1-10H2;1-2,5H,3-4,8H2,(H,9,10);8H,1-7H2;4H,1-3,5H2;2-4H2,1H3/t18-,21?,24+,25-;;;;;;/m0....../s1. The molecular weight excluding hydrogens is 1240 g/mol. The second kappa shape index (κ2) is 48.1. The van der Waals surface area contributed by atoms with Crippen molar-refractivity contribution in [1.29, 1.82) is 0 Å². The molecule has 4 aromatic rings. The molecule has 3 aromatic carbocycles. The molecule has 7 aliphatic heterocycles. The molecule has 1 aliphatic carbocycles. The number of nitrogens with zero attached hydrogens (tertiary/aromatic N) is 4. The molecule has 5 fully saturated rings. The summed E-state index contributed by atoms with van der Waals surface area (Å²) in [5.74, 6) is 7.94. The van der Waals surface area contributed by atoms with E-state index in [1.165, 1.54) is 118 Å². The fraction of sp³-hybridized carbons (Fsp3) is 0.681. The highest BCUT2D eigenvalue weighted by Crippen LogP contribution is 2.48. The number of nitrogens with two attached hydrogens (primary N) is 3. The van der Waals surface area contributed by atoms with E-state index in [-0.39, 0.29) is 5.69 Å². The number of nitrogens with one attached hydrogen (secondary N) is 5. The van der Waals surface area contributed by atoms with Crippen molar-refractivity contribution in [1.82, 2.24) is 36.1 Å². The summed E-state index contributed by atoms with van der Waals surface area (Å²) in [7, 11) is 8.53. The Hall–Kier alpha value is -5.75. The summed E-state index contributed by atoms with van der Waals surface area (Å²) in [6.07, 6.45) is 18.6. The predicted octanol–water partition coefficient (Wildman–Crippen LogP) is 7.96. The van der Waals surface area contributed by atoms with Gasteiger partial charge in [0.25, 0.3) is 5.69 Å². The third-order valence-corrected chi connectivity index (χ3v) is 18.1. The van der Waals surface area contributed by atoms with Crippen LogP contribution in [0.15, 0.2) is 60.8 Å². The SMILES string of the molecule is C1CCCNCCC1.C1COCCOCCCOCNCOC1.CC[C@H]1CN2CCc3cc(OC)c(OC)cc3[C@@H]2CC1C[C@H]1NCCc2cc(OC)c(OC)cc21.COCCN.NCC1CC1.NCCNc1ccc([N+](=O)[O-])cn1.c1cc2c(cc1CN1CCNCC1)OCO2. The van der Waals surface area contributed by atoms with Crippen LogP contribution in [0, 0.1) is 27.9 Å². The highest BCUT2D eigenvalue weighted by Gasteiger charge is 2.40. The average molecular weight is 1360 g/mol. The maximum atomic E-state index is 10.3. The van der Waals surface area contributed by atoms with Crippen LogP contribution in [0.4, 0.5) is 11.5 Å². The Bertz CT molecular complexity index is 2660. The number of anilines is 1. The summed E-state index contributed by atoms with van der Waals surface area (Å²) in [6.45, 7) is 22.5. The molecule has 0 amide bonds. The van der Waals surface area contributed by atoms with Crippen molar-refractivity contribution in [3.05, 3.63) is 98.7 Å². The molecule has 4 atom stereocenters. The zero-order chi connectivity index (χ0) is 69.1. The van der Waals surface area contributed by atoms with Gasteiger partial charge in [0.15, 0.2) is 34.5 Å². The van der Waals surface area contributed by atoms with Crippen LogP contribution in [0.25, 0.3) is 0 Å². The number of rotatable bonds is 16. The molecule has 0 spiro atoms. The summed E-state index contributed by atoms with van der Waals surface area (Å²) in [5, 5.41) is 26.8. The normalized spacial score (nSPS) is 21.2. The Morgan fingerprint density at radius 3 is 1.84 bits per heavy atom. The highest BCUT2D eigenvalue weighted by molar-refractivity contribution is 5.51. The molecule has 546 valence electrons. The number of nitro groups is 1. The number of aromatic nitrogens is 1. The second-order valence-corrected chi connectivity index (χ2v) is 25.1. The first-order chi connectivity index (χ1) is 47.6. The maximum Gasteiger partial charge on any atom is 0.287 e. The van der Waals surface area contributed by atoms with Gasteiger partial charge < -0.3 is 90.6 Å². The molecule has 97 heavy (non-hydrogen) atoms. The van der Waals surface area contributed by atoms with E-state index in [9.17, 15) is 10.1 Å². The molecule has 12 rings (SSSR count). The number of piperazine rings is 1. The summed E-state index contributed by atoms with van der Waals surface area (Å²) >= 11 is 0. The molecule has 1 aromatic heterocycles. The number of methoxy groups -OCH3 is 5. The molecular formula is C72H120N12O13. The highest BCUT2D eigenvalue weighted by atomic mass is 16.7. The summed E-state index contributed by atoms with van der Waals surface area (Å²) in [6, 6.07) is 18.8. The van der Waals surface area contributed by atoms with Crippen LogP contribution in [0.5, 0.6) is 34.5 Å². The van der Waals surface area contributed by atoms with Crippen LogP contribution < -0.4 is 72.2 Å². The van der Waals surface area contributed by atoms with Gasteiger partial charge in [-0.3, -0.25) is 25.2 Å². The van der Waals surface area contributed by atoms with Gasteiger partial charge >= 0.3 is 0 Å². The second-order valence-electron chi connectivity index (χ2n) is 25.1. The molecule has 1 saturated carbocycles. The molecule has 4 saturated heterocycles. The van der Waals surface area contributed by atoms with E-state index in [0.29, 0.717) is 103 Å². The van der Waals surface area contributed by atoms with E-state index >= 15 is 0 Å². The van der Waals surface area contributed by atoms with Crippen molar-refractivity contribution in [2.75, 3.05) is 192 Å². The minimum Gasteiger partial charge on any atom is -0.493 e. The first-order valence-corrected chi connectivity index (χ1v) is 35.5. The largest absolute Gasteiger partial charge is 0.493 e. The number of piperidine rings is 1. The van der Waals surface area contributed by atoms with E-state index in [1.54, 1.807) is 41.6 Å². The third-order valence-electron chi connectivity index (χ3n) is 18.1. The predicted molar refractivity (Wildman–Crippen MR) is 382 cm³/mol. The van der Waals surface area contributed by atoms with E-state index in [2.05, 4.69) is 89.4 Å². The maximum absolute atomic E-state index is 10.3. The van der Waals surface area contributed by atoms with Gasteiger partial charge in [0.2, 0.25) is 6.79 Å². The summed E-state index contributed by atoms with van der Waals surface area (Å²) < 4.78 is 59.1. The van der Waals surface area contributed by atoms with Crippen molar-refractivity contribution in [3.8, 4) is 34.5 Å². The lowest BCUT2D eigenvalue weighted by Crippen LogP contribution is -2.46. The zero-order valence-corrected chi connectivity index (χ0v) is 59.4. The molecule has 25 nitrogen and oxygen atoms in total. The van der Waals surface area contributed by atoms with Gasteiger partial charge in [-0.25, -0.2) is 4.98 Å². The number of benzene rings is 3. The summed E-state index contributed by atoms with van der Waals surface area (Å²) in [4.78, 5) is 18.8. The first-order valence-electron chi connectivity index (χ1n) is 35.5. The van der Waals surface area contributed by atoms with Gasteiger partial charge in [-0.1, -0.05) is 38.7 Å². The monoisotopic (exact) mass is 1360 g/mol. The van der Waals surface area contributed by atoms with Crippen molar-refractivity contribution >= 4 is 11.5 Å². The lowest BCUT2D eigenvalue weighted by atomic mass is 9.72. The van der Waals surface area contributed by atoms with Crippen LogP contribution in [-0.2, 0) is 43.1 Å². The van der Waals surface area contributed by atoms with Crippen LogP contribution in [-0.4, -0.2) is 207 Å². The number of hydrogen-bond acceptors (Lipinski definition) is 24. The Kier molecular flexibility index (Phi) is 39.8. The molecule has 8 aliphatic rings. The summed E-state index contributed by atoms with van der Waals surface area (Å²) in [5.41, 5.74) is 22.4. The van der Waals surface area contributed by atoms with E-state index in [0.717, 1.165) is 138 Å². The molecule has 11 N–H and O–H groups in total. The molecule has 8 heterocycles. The number of hydrogen-bond donors (Lipinski definition) is 8. The topological polar surface area (TPSA) is 302 Å².